The minimum absolute atomic E-state index is 0.0975. The largest absolute Gasteiger partial charge is 0.409 e. The number of nitrogens with two attached hydrogens (primary N) is 1. The average Bonchev–Trinajstić information content (AvgIpc) is 2.42. The molecule has 0 saturated carbocycles. The molecule has 1 heterocycles. The Hall–Kier alpha value is -1.83. The van der Waals surface area contributed by atoms with Crippen molar-refractivity contribution in [2.24, 2.45) is 16.8 Å². The molecule has 1 rings (SSSR count). The van der Waals surface area contributed by atoms with Crippen molar-refractivity contribution in [2.75, 3.05) is 24.2 Å². The fraction of sp³-hybridized carbons (Fsp3) is 0.500. The molecule has 0 saturated heterocycles. The van der Waals surface area contributed by atoms with Crippen LogP contribution < -0.4 is 10.6 Å². The minimum Gasteiger partial charge on any atom is -0.409 e. The van der Waals surface area contributed by atoms with Crippen LogP contribution in [0.15, 0.2) is 28.4 Å². The summed E-state index contributed by atoms with van der Waals surface area (Å²) in [5.74, 6) is 0.254. The highest BCUT2D eigenvalue weighted by Crippen LogP contribution is 2.22. The van der Waals surface area contributed by atoms with Gasteiger partial charge in [-0.2, -0.15) is 0 Å². The lowest BCUT2D eigenvalue weighted by Crippen LogP contribution is -2.36. The molecular formula is C12H20N4O3S. The number of rotatable bonds is 6. The lowest BCUT2D eigenvalue weighted by Gasteiger charge is -2.26. The third kappa shape index (κ3) is 3.83. The molecule has 0 aliphatic carbocycles. The highest BCUT2D eigenvalue weighted by atomic mass is 32.2. The maximum absolute atomic E-state index is 11.8. The molecule has 0 bridgehead atoms. The minimum atomic E-state index is -3.37. The van der Waals surface area contributed by atoms with Crippen LogP contribution in [0.25, 0.3) is 0 Å². The van der Waals surface area contributed by atoms with Crippen molar-refractivity contribution < 1.29 is 13.6 Å². The molecular weight excluding hydrogens is 280 g/mol. The maximum Gasteiger partial charge on any atom is 0.179 e. The molecule has 1 unspecified atom stereocenters. The summed E-state index contributed by atoms with van der Waals surface area (Å²) in [4.78, 5) is 6.12. The summed E-state index contributed by atoms with van der Waals surface area (Å²) in [6, 6.07) is 3.11. The van der Waals surface area contributed by atoms with Gasteiger partial charge >= 0.3 is 0 Å². The molecule has 1 atom stereocenters. The third-order valence-corrected chi connectivity index (χ3v) is 4.06. The number of hydrogen-bond acceptors (Lipinski definition) is 6. The second kappa shape index (κ2) is 6.56. The van der Waals surface area contributed by atoms with E-state index in [0.29, 0.717) is 18.9 Å². The third-order valence-electron chi connectivity index (χ3n) is 2.95. The van der Waals surface area contributed by atoms with E-state index in [9.17, 15) is 8.42 Å². The van der Waals surface area contributed by atoms with E-state index in [1.54, 1.807) is 24.1 Å². The number of amidine groups is 1. The summed E-state index contributed by atoms with van der Waals surface area (Å²) >= 11 is 0. The fourth-order valence-corrected chi connectivity index (χ4v) is 2.64. The number of aromatic nitrogens is 1. The van der Waals surface area contributed by atoms with Crippen molar-refractivity contribution in [3.8, 4) is 0 Å². The highest BCUT2D eigenvalue weighted by molar-refractivity contribution is 7.90. The van der Waals surface area contributed by atoms with Gasteiger partial charge in [0, 0.05) is 31.5 Å². The van der Waals surface area contributed by atoms with Gasteiger partial charge in [0.2, 0.25) is 0 Å². The lowest BCUT2D eigenvalue weighted by atomic mass is 10.1. The zero-order valence-corrected chi connectivity index (χ0v) is 12.6. The smallest absolute Gasteiger partial charge is 0.179 e. The van der Waals surface area contributed by atoms with Crippen LogP contribution >= 0.6 is 0 Å². The molecule has 1 aromatic heterocycles. The van der Waals surface area contributed by atoms with E-state index in [1.807, 2.05) is 6.92 Å². The van der Waals surface area contributed by atoms with Crippen LogP contribution in [0.5, 0.6) is 0 Å². The molecule has 0 amide bonds. The predicted molar refractivity (Wildman–Crippen MR) is 77.8 cm³/mol. The van der Waals surface area contributed by atoms with Gasteiger partial charge in [-0.25, -0.2) is 13.4 Å². The Kier molecular flexibility index (Phi) is 5.32. The summed E-state index contributed by atoms with van der Waals surface area (Å²) in [5, 5.41) is 11.6. The first kappa shape index (κ1) is 16.2. The molecule has 20 heavy (non-hydrogen) atoms. The molecule has 8 heteroatoms. The van der Waals surface area contributed by atoms with Gasteiger partial charge in [0.05, 0.1) is 0 Å². The second-order valence-corrected chi connectivity index (χ2v) is 6.55. The van der Waals surface area contributed by atoms with Gasteiger partial charge in [-0.15, -0.1) is 0 Å². The van der Waals surface area contributed by atoms with Crippen LogP contribution in [-0.2, 0) is 9.84 Å². The molecule has 3 N–H and O–H groups in total. The topological polar surface area (TPSA) is 109 Å². The number of sulfone groups is 1. The fourth-order valence-electron chi connectivity index (χ4n) is 1.80. The Morgan fingerprint density at radius 3 is 2.75 bits per heavy atom. The van der Waals surface area contributed by atoms with Gasteiger partial charge in [0.15, 0.2) is 9.84 Å². The quantitative estimate of drug-likeness (QED) is 0.346. The van der Waals surface area contributed by atoms with Gasteiger partial charge in [0.25, 0.3) is 0 Å². The van der Waals surface area contributed by atoms with Gasteiger partial charge < -0.3 is 15.8 Å². The Bertz CT molecular complexity index is 586. The molecule has 0 spiro atoms. The maximum atomic E-state index is 11.8. The Morgan fingerprint density at radius 2 is 2.25 bits per heavy atom. The molecule has 0 aromatic carbocycles. The first-order valence-corrected chi connectivity index (χ1v) is 8.07. The summed E-state index contributed by atoms with van der Waals surface area (Å²) in [6.07, 6.45) is 2.69. The number of hydrogen-bond donors (Lipinski definition) is 2. The molecule has 1 aromatic rings. The first-order valence-electron chi connectivity index (χ1n) is 6.18. The zero-order chi connectivity index (χ0) is 15.3. The van der Waals surface area contributed by atoms with Crippen molar-refractivity contribution >= 4 is 21.5 Å². The molecule has 0 fully saturated rings. The Morgan fingerprint density at radius 1 is 1.60 bits per heavy atom. The van der Waals surface area contributed by atoms with Crippen LogP contribution in [0.3, 0.4) is 0 Å². The van der Waals surface area contributed by atoms with Gasteiger partial charge in [0.1, 0.15) is 16.5 Å². The van der Waals surface area contributed by atoms with Gasteiger partial charge in [-0.3, -0.25) is 0 Å². The number of pyridine rings is 1. The summed E-state index contributed by atoms with van der Waals surface area (Å²) in [5.41, 5.74) is 5.56. The van der Waals surface area contributed by atoms with E-state index >= 15 is 0 Å². The monoisotopic (exact) mass is 300 g/mol. The molecule has 112 valence electrons. The van der Waals surface area contributed by atoms with E-state index in [-0.39, 0.29) is 16.6 Å². The van der Waals surface area contributed by atoms with E-state index in [2.05, 4.69) is 10.1 Å². The normalized spacial score (nSPS) is 14.1. The van der Waals surface area contributed by atoms with Crippen molar-refractivity contribution in [2.45, 2.75) is 18.7 Å². The van der Waals surface area contributed by atoms with Crippen LogP contribution in [-0.4, -0.2) is 43.8 Å². The van der Waals surface area contributed by atoms with Crippen LogP contribution in [0.2, 0.25) is 0 Å². The highest BCUT2D eigenvalue weighted by Gasteiger charge is 2.21. The number of nitrogens with zero attached hydrogens (tertiary/aromatic N) is 3. The predicted octanol–water partition coefficient (Wildman–Crippen LogP) is 0.694. The molecule has 0 radical (unpaired) electrons. The Balaban J connectivity index is 3.14. The van der Waals surface area contributed by atoms with Crippen LogP contribution in [0.1, 0.15) is 13.8 Å². The molecule has 7 nitrogen and oxygen atoms in total. The Labute approximate surface area is 119 Å². The van der Waals surface area contributed by atoms with Crippen molar-refractivity contribution in [1.82, 2.24) is 4.98 Å². The molecule has 0 aliphatic rings. The number of anilines is 1. The summed E-state index contributed by atoms with van der Waals surface area (Å²) in [7, 11) is -3.37. The SMILES string of the molecule is CCN(CC(C)/C(N)=N/O)c1ncccc1S(C)(=O)=O. The van der Waals surface area contributed by atoms with E-state index < -0.39 is 9.84 Å². The van der Waals surface area contributed by atoms with Gasteiger partial charge in [-0.1, -0.05) is 12.1 Å². The summed E-state index contributed by atoms with van der Waals surface area (Å²) < 4.78 is 23.6. The van der Waals surface area contributed by atoms with Crippen LogP contribution in [0, 0.1) is 5.92 Å². The van der Waals surface area contributed by atoms with Crippen molar-refractivity contribution in [1.29, 1.82) is 0 Å². The first-order chi connectivity index (χ1) is 9.31. The number of oxime groups is 1. The van der Waals surface area contributed by atoms with Crippen molar-refractivity contribution in [3.05, 3.63) is 18.3 Å². The molecule has 0 aliphatic heterocycles. The van der Waals surface area contributed by atoms with Gasteiger partial charge in [-0.05, 0) is 19.1 Å². The lowest BCUT2D eigenvalue weighted by molar-refractivity contribution is 0.314. The van der Waals surface area contributed by atoms with E-state index in [1.165, 1.54) is 6.07 Å². The van der Waals surface area contributed by atoms with E-state index in [0.717, 1.165) is 6.26 Å². The zero-order valence-electron chi connectivity index (χ0n) is 11.8. The van der Waals surface area contributed by atoms with Crippen LogP contribution in [0.4, 0.5) is 5.82 Å². The standard InChI is InChI=1S/C12H20N4O3S/c1-4-16(8-9(2)11(13)15-17)12-10(20(3,18)19)6-5-7-14-12/h5-7,9,17H,4,8H2,1-3H3,(H2,13,15). The van der Waals surface area contributed by atoms with E-state index in [4.69, 9.17) is 10.9 Å². The van der Waals surface area contributed by atoms with Crippen molar-refractivity contribution in [3.63, 3.8) is 0 Å². The average molecular weight is 300 g/mol. The summed E-state index contributed by atoms with van der Waals surface area (Å²) in [6.45, 7) is 4.65. The second-order valence-electron chi connectivity index (χ2n) is 4.56.